The number of epoxide rings is 1. The van der Waals surface area contributed by atoms with E-state index in [-0.39, 0.29) is 0 Å². The van der Waals surface area contributed by atoms with Gasteiger partial charge in [-0.3, -0.25) is 0 Å². The van der Waals surface area contributed by atoms with Crippen molar-refractivity contribution in [1.29, 1.82) is 0 Å². The molecule has 2 atom stereocenters. The van der Waals surface area contributed by atoms with Crippen LogP contribution < -0.4 is 0 Å². The van der Waals surface area contributed by atoms with Crippen molar-refractivity contribution < 1.29 is 18.9 Å². The Morgan fingerprint density at radius 3 is 2.29 bits per heavy atom. The Morgan fingerprint density at radius 2 is 1.58 bits per heavy atom. The molecule has 4 nitrogen and oxygen atoms in total. The summed E-state index contributed by atoms with van der Waals surface area (Å²) in [4.78, 5) is 0. The molecule has 144 valence electrons. The van der Waals surface area contributed by atoms with Crippen LogP contribution in [-0.4, -0.2) is 52.9 Å². The highest BCUT2D eigenvalue weighted by Gasteiger charge is 2.22. The van der Waals surface area contributed by atoms with Crippen molar-refractivity contribution in [2.45, 2.75) is 77.2 Å². The molecule has 4 heteroatoms. The van der Waals surface area contributed by atoms with Gasteiger partial charge in [-0.15, -0.1) is 0 Å². The van der Waals surface area contributed by atoms with Crippen LogP contribution in [-0.2, 0) is 18.9 Å². The van der Waals surface area contributed by atoms with E-state index in [2.05, 4.69) is 6.92 Å². The van der Waals surface area contributed by atoms with Gasteiger partial charge in [0.25, 0.3) is 0 Å². The van der Waals surface area contributed by atoms with E-state index in [9.17, 15) is 0 Å². The number of hydrogen-bond acceptors (Lipinski definition) is 4. The van der Waals surface area contributed by atoms with Crippen LogP contribution in [0, 0.1) is 5.92 Å². The zero-order chi connectivity index (χ0) is 17.3. The molecule has 0 aliphatic carbocycles. The van der Waals surface area contributed by atoms with Crippen LogP contribution in [0.1, 0.15) is 71.1 Å². The van der Waals surface area contributed by atoms with Gasteiger partial charge in [-0.25, -0.2) is 0 Å². The number of methoxy groups -OCH3 is 1. The normalized spacial score (nSPS) is 18.0. The smallest absolute Gasteiger partial charge is 0.104 e. The molecule has 2 unspecified atom stereocenters. The van der Waals surface area contributed by atoms with Gasteiger partial charge in [-0.05, 0) is 25.2 Å². The maximum absolute atomic E-state index is 5.77. The Morgan fingerprint density at radius 1 is 0.875 bits per heavy atom. The van der Waals surface area contributed by atoms with Crippen LogP contribution in [0.3, 0.4) is 0 Å². The van der Waals surface area contributed by atoms with Crippen molar-refractivity contribution in [1.82, 2.24) is 0 Å². The minimum atomic E-state index is 0.380. The summed E-state index contributed by atoms with van der Waals surface area (Å²) in [5.74, 6) is 0.665. The highest BCUT2D eigenvalue weighted by molar-refractivity contribution is 4.67. The molecular weight excluding hydrogens is 304 g/mol. The Bertz CT molecular complexity index is 256. The van der Waals surface area contributed by atoms with Gasteiger partial charge < -0.3 is 18.9 Å². The second-order valence-electron chi connectivity index (χ2n) is 7.02. The van der Waals surface area contributed by atoms with Crippen molar-refractivity contribution in [2.24, 2.45) is 5.92 Å². The summed E-state index contributed by atoms with van der Waals surface area (Å²) in [5.41, 5.74) is 0. The first kappa shape index (κ1) is 21.9. The van der Waals surface area contributed by atoms with E-state index >= 15 is 0 Å². The molecule has 1 rings (SSSR count). The first-order valence-electron chi connectivity index (χ1n) is 10.1. The summed E-state index contributed by atoms with van der Waals surface area (Å²) in [7, 11) is 1.72. The molecule has 0 saturated carbocycles. The monoisotopic (exact) mass is 344 g/mol. The summed E-state index contributed by atoms with van der Waals surface area (Å²) in [6.45, 7) is 7.04. The van der Waals surface area contributed by atoms with E-state index in [1.165, 1.54) is 57.8 Å². The lowest BCUT2D eigenvalue weighted by molar-refractivity contribution is 0.0436. The lowest BCUT2D eigenvalue weighted by Gasteiger charge is -2.17. The molecule has 1 fully saturated rings. The van der Waals surface area contributed by atoms with Gasteiger partial charge in [0, 0.05) is 20.3 Å². The number of rotatable bonds is 19. The van der Waals surface area contributed by atoms with E-state index in [0.29, 0.717) is 25.2 Å². The standard InChI is InChI=1S/C20H40O4/c1-3-4-5-6-7-8-9-11-19(16-23-15-14-21-2)12-10-13-22-17-20-18-24-20/h19-20H,3-18H2,1-2H3. The second-order valence-corrected chi connectivity index (χ2v) is 7.02. The van der Waals surface area contributed by atoms with E-state index in [0.717, 1.165) is 32.8 Å². The molecular formula is C20H40O4. The maximum Gasteiger partial charge on any atom is 0.104 e. The molecule has 24 heavy (non-hydrogen) atoms. The molecule has 0 amide bonds. The van der Waals surface area contributed by atoms with Gasteiger partial charge in [-0.1, -0.05) is 51.9 Å². The van der Waals surface area contributed by atoms with E-state index < -0.39 is 0 Å². The molecule has 1 aliphatic heterocycles. The second kappa shape index (κ2) is 16.3. The van der Waals surface area contributed by atoms with Crippen LogP contribution in [0.15, 0.2) is 0 Å². The minimum Gasteiger partial charge on any atom is -0.382 e. The Balaban J connectivity index is 2.01. The summed E-state index contributed by atoms with van der Waals surface area (Å²) in [6, 6.07) is 0. The fourth-order valence-corrected chi connectivity index (χ4v) is 2.95. The molecule has 1 heterocycles. The van der Waals surface area contributed by atoms with E-state index in [4.69, 9.17) is 18.9 Å². The first-order chi connectivity index (χ1) is 11.9. The Kier molecular flexibility index (Phi) is 14.9. The SMILES string of the molecule is CCCCCCCCCC(CCCOCC1CO1)COCCOC. The lowest BCUT2D eigenvalue weighted by Crippen LogP contribution is -2.14. The third-order valence-electron chi connectivity index (χ3n) is 4.61. The molecule has 0 aromatic carbocycles. The van der Waals surface area contributed by atoms with Gasteiger partial charge in [0.15, 0.2) is 0 Å². The summed E-state index contributed by atoms with van der Waals surface area (Å²) < 4.78 is 21.6. The summed E-state index contributed by atoms with van der Waals surface area (Å²) >= 11 is 0. The molecule has 0 aromatic rings. The van der Waals surface area contributed by atoms with Crippen LogP contribution >= 0.6 is 0 Å². The number of hydrogen-bond donors (Lipinski definition) is 0. The fraction of sp³-hybridized carbons (Fsp3) is 1.00. The fourth-order valence-electron chi connectivity index (χ4n) is 2.95. The van der Waals surface area contributed by atoms with Crippen LogP contribution in [0.4, 0.5) is 0 Å². The zero-order valence-electron chi connectivity index (χ0n) is 16.1. The molecule has 1 aliphatic rings. The topological polar surface area (TPSA) is 40.2 Å². The third-order valence-corrected chi connectivity index (χ3v) is 4.61. The summed E-state index contributed by atoms with van der Waals surface area (Å²) in [6.07, 6.45) is 13.6. The van der Waals surface area contributed by atoms with Crippen molar-refractivity contribution in [2.75, 3.05) is 46.8 Å². The van der Waals surface area contributed by atoms with Crippen LogP contribution in [0.25, 0.3) is 0 Å². The first-order valence-corrected chi connectivity index (χ1v) is 10.1. The third kappa shape index (κ3) is 14.2. The molecule has 0 radical (unpaired) electrons. The highest BCUT2D eigenvalue weighted by Crippen LogP contribution is 2.18. The Hall–Kier alpha value is -0.160. The van der Waals surface area contributed by atoms with Gasteiger partial charge in [0.1, 0.15) is 6.10 Å². The van der Waals surface area contributed by atoms with E-state index in [1.807, 2.05) is 0 Å². The largest absolute Gasteiger partial charge is 0.382 e. The average molecular weight is 345 g/mol. The van der Waals surface area contributed by atoms with Crippen LogP contribution in [0.5, 0.6) is 0 Å². The molecule has 0 aromatic heterocycles. The van der Waals surface area contributed by atoms with Crippen LogP contribution in [0.2, 0.25) is 0 Å². The zero-order valence-corrected chi connectivity index (χ0v) is 16.1. The molecule has 0 bridgehead atoms. The highest BCUT2D eigenvalue weighted by atomic mass is 16.6. The predicted octanol–water partition coefficient (Wildman–Crippen LogP) is 4.60. The van der Waals surface area contributed by atoms with Gasteiger partial charge in [0.2, 0.25) is 0 Å². The predicted molar refractivity (Wildman–Crippen MR) is 98.6 cm³/mol. The molecule has 0 N–H and O–H groups in total. The summed E-state index contributed by atoms with van der Waals surface area (Å²) in [5, 5.41) is 0. The van der Waals surface area contributed by atoms with Crippen molar-refractivity contribution in [3.05, 3.63) is 0 Å². The molecule has 1 saturated heterocycles. The number of ether oxygens (including phenoxy) is 4. The lowest BCUT2D eigenvalue weighted by atomic mass is 9.96. The molecule has 0 spiro atoms. The van der Waals surface area contributed by atoms with Gasteiger partial charge in [0.05, 0.1) is 26.4 Å². The van der Waals surface area contributed by atoms with Gasteiger partial charge in [-0.2, -0.15) is 0 Å². The average Bonchev–Trinajstić information content (AvgIpc) is 3.41. The minimum absolute atomic E-state index is 0.380. The van der Waals surface area contributed by atoms with Crippen molar-refractivity contribution in [3.63, 3.8) is 0 Å². The van der Waals surface area contributed by atoms with E-state index in [1.54, 1.807) is 7.11 Å². The number of unbranched alkanes of at least 4 members (excludes halogenated alkanes) is 6. The van der Waals surface area contributed by atoms with Crippen molar-refractivity contribution >= 4 is 0 Å². The van der Waals surface area contributed by atoms with Gasteiger partial charge >= 0.3 is 0 Å². The quantitative estimate of drug-likeness (QED) is 0.254. The maximum atomic E-state index is 5.77. The van der Waals surface area contributed by atoms with Crippen molar-refractivity contribution in [3.8, 4) is 0 Å². The Labute approximate surface area is 149 Å².